The molecule has 0 spiro atoms. The fraction of sp³-hybridized carbons (Fsp3) is 0.294. The van der Waals surface area contributed by atoms with Crippen molar-refractivity contribution in [3.63, 3.8) is 0 Å². The monoisotopic (exact) mass is 271 g/mol. The highest BCUT2D eigenvalue weighted by Gasteiger charge is 2.09. The number of aromatic hydroxyl groups is 2. The van der Waals surface area contributed by atoms with E-state index in [1.54, 1.807) is 12.1 Å². The van der Waals surface area contributed by atoms with Crippen LogP contribution in [0.25, 0.3) is 0 Å². The van der Waals surface area contributed by atoms with Crippen LogP contribution in [0.1, 0.15) is 43.9 Å². The Bertz CT molecular complexity index is 573. The third-order valence-corrected chi connectivity index (χ3v) is 3.36. The molecular weight excluding hydrogens is 250 g/mol. The lowest BCUT2D eigenvalue weighted by molar-refractivity contribution is 0.448. The van der Waals surface area contributed by atoms with Crippen LogP contribution in [-0.2, 0) is 0 Å². The zero-order chi connectivity index (χ0) is 14.7. The zero-order valence-electron chi connectivity index (χ0n) is 12.1. The summed E-state index contributed by atoms with van der Waals surface area (Å²) in [5, 5.41) is 22.5. The quantitative estimate of drug-likeness (QED) is 0.772. The van der Waals surface area contributed by atoms with Crippen molar-refractivity contribution in [2.24, 2.45) is 0 Å². The lowest BCUT2D eigenvalue weighted by Crippen LogP contribution is -2.06. The second-order valence-electron chi connectivity index (χ2n) is 5.43. The van der Waals surface area contributed by atoms with Crippen LogP contribution in [-0.4, -0.2) is 10.2 Å². The Morgan fingerprint density at radius 1 is 0.850 bits per heavy atom. The third kappa shape index (κ3) is 3.44. The molecule has 3 N–H and O–H groups in total. The first-order valence-electron chi connectivity index (χ1n) is 6.85. The third-order valence-electron chi connectivity index (χ3n) is 3.36. The molecule has 0 aliphatic carbocycles. The summed E-state index contributed by atoms with van der Waals surface area (Å²) in [6.07, 6.45) is 0. The number of anilines is 1. The number of hydrogen-bond acceptors (Lipinski definition) is 3. The van der Waals surface area contributed by atoms with Gasteiger partial charge in [-0.05, 0) is 48.2 Å². The predicted octanol–water partition coefficient (Wildman–Crippen LogP) is 4.39. The van der Waals surface area contributed by atoms with Gasteiger partial charge < -0.3 is 15.5 Å². The Hall–Kier alpha value is -2.16. The lowest BCUT2D eigenvalue weighted by Gasteiger charge is -2.17. The van der Waals surface area contributed by atoms with Crippen LogP contribution in [0.4, 0.5) is 5.69 Å². The first-order valence-corrected chi connectivity index (χ1v) is 6.85. The topological polar surface area (TPSA) is 52.5 Å². The van der Waals surface area contributed by atoms with E-state index in [9.17, 15) is 10.2 Å². The molecule has 0 radical (unpaired) electrons. The number of hydrogen-bond donors (Lipinski definition) is 3. The molecule has 106 valence electrons. The smallest absolute Gasteiger partial charge is 0.119 e. The summed E-state index contributed by atoms with van der Waals surface area (Å²) >= 11 is 0. The second-order valence-corrected chi connectivity index (χ2v) is 5.43. The van der Waals surface area contributed by atoms with Crippen molar-refractivity contribution >= 4 is 5.69 Å². The van der Waals surface area contributed by atoms with Crippen LogP contribution in [0.15, 0.2) is 42.5 Å². The summed E-state index contributed by atoms with van der Waals surface area (Å²) < 4.78 is 0. The fourth-order valence-electron chi connectivity index (χ4n) is 2.19. The summed E-state index contributed by atoms with van der Waals surface area (Å²) in [5.74, 6) is 0.631. The second kappa shape index (κ2) is 5.87. The van der Waals surface area contributed by atoms with Gasteiger partial charge in [-0.3, -0.25) is 0 Å². The van der Waals surface area contributed by atoms with E-state index in [2.05, 4.69) is 31.3 Å². The highest BCUT2D eigenvalue weighted by molar-refractivity contribution is 5.49. The van der Waals surface area contributed by atoms with E-state index < -0.39 is 0 Å². The number of phenolic OH excluding ortho intramolecular Hbond substituents is 2. The summed E-state index contributed by atoms with van der Waals surface area (Å²) in [7, 11) is 0. The van der Waals surface area contributed by atoms with Crippen molar-refractivity contribution in [3.8, 4) is 11.5 Å². The van der Waals surface area contributed by atoms with Crippen molar-refractivity contribution in [2.75, 3.05) is 5.32 Å². The highest BCUT2D eigenvalue weighted by Crippen LogP contribution is 2.28. The molecule has 0 aromatic heterocycles. The molecule has 0 saturated carbocycles. The van der Waals surface area contributed by atoms with E-state index in [1.807, 2.05) is 19.1 Å². The van der Waals surface area contributed by atoms with Gasteiger partial charge in [0.05, 0.1) is 0 Å². The van der Waals surface area contributed by atoms with Gasteiger partial charge in [0, 0.05) is 17.8 Å². The fourth-order valence-corrected chi connectivity index (χ4v) is 2.19. The normalized spacial score (nSPS) is 12.4. The van der Waals surface area contributed by atoms with Crippen molar-refractivity contribution in [1.82, 2.24) is 0 Å². The van der Waals surface area contributed by atoms with Gasteiger partial charge in [0.25, 0.3) is 0 Å². The molecule has 0 amide bonds. The maximum atomic E-state index is 9.54. The van der Waals surface area contributed by atoms with Crippen LogP contribution >= 0.6 is 0 Å². The largest absolute Gasteiger partial charge is 0.508 e. The van der Waals surface area contributed by atoms with Crippen molar-refractivity contribution in [2.45, 2.75) is 32.7 Å². The summed E-state index contributed by atoms with van der Waals surface area (Å²) in [4.78, 5) is 0. The van der Waals surface area contributed by atoms with Crippen molar-refractivity contribution < 1.29 is 10.2 Å². The van der Waals surface area contributed by atoms with Crippen LogP contribution in [0.3, 0.4) is 0 Å². The van der Waals surface area contributed by atoms with Crippen molar-refractivity contribution in [1.29, 1.82) is 0 Å². The van der Waals surface area contributed by atoms with Crippen LogP contribution < -0.4 is 5.32 Å². The van der Waals surface area contributed by atoms with E-state index in [-0.39, 0.29) is 17.5 Å². The maximum Gasteiger partial charge on any atom is 0.119 e. The molecule has 2 rings (SSSR count). The highest BCUT2D eigenvalue weighted by atomic mass is 16.3. The van der Waals surface area contributed by atoms with Gasteiger partial charge in [0.15, 0.2) is 0 Å². The lowest BCUT2D eigenvalue weighted by atomic mass is 10.0. The summed E-state index contributed by atoms with van der Waals surface area (Å²) in [6, 6.07) is 12.9. The van der Waals surface area contributed by atoms with Gasteiger partial charge in [0.2, 0.25) is 0 Å². The van der Waals surface area contributed by atoms with Gasteiger partial charge >= 0.3 is 0 Å². The van der Waals surface area contributed by atoms with E-state index in [1.165, 1.54) is 11.6 Å². The maximum absolute atomic E-state index is 9.54. The van der Waals surface area contributed by atoms with Crippen LogP contribution in [0.5, 0.6) is 11.5 Å². The van der Waals surface area contributed by atoms with Crippen LogP contribution in [0, 0.1) is 0 Å². The molecule has 0 saturated heterocycles. The molecule has 20 heavy (non-hydrogen) atoms. The number of rotatable bonds is 4. The number of benzene rings is 2. The molecule has 0 aliphatic heterocycles. The molecule has 2 aromatic carbocycles. The van der Waals surface area contributed by atoms with E-state index in [0.717, 1.165) is 11.3 Å². The van der Waals surface area contributed by atoms with E-state index in [4.69, 9.17) is 0 Å². The average molecular weight is 271 g/mol. The number of phenols is 2. The van der Waals surface area contributed by atoms with Gasteiger partial charge in [-0.15, -0.1) is 0 Å². The standard InChI is InChI=1S/C17H21NO2/c1-11(2)13-5-4-6-15(7-13)18-12(3)14-8-16(19)10-17(20)9-14/h4-12,18-20H,1-3H3. The Balaban J connectivity index is 2.18. The van der Waals surface area contributed by atoms with Gasteiger partial charge in [-0.1, -0.05) is 26.0 Å². The van der Waals surface area contributed by atoms with Gasteiger partial charge in [-0.2, -0.15) is 0 Å². The summed E-state index contributed by atoms with van der Waals surface area (Å²) in [5.41, 5.74) is 3.16. The van der Waals surface area contributed by atoms with Crippen LogP contribution in [0.2, 0.25) is 0 Å². The first-order chi connectivity index (χ1) is 9.45. The van der Waals surface area contributed by atoms with Gasteiger partial charge in [-0.25, -0.2) is 0 Å². The van der Waals surface area contributed by atoms with Crippen molar-refractivity contribution in [3.05, 3.63) is 53.6 Å². The molecule has 0 fully saturated rings. The Kier molecular flexibility index (Phi) is 4.18. The molecule has 1 atom stereocenters. The Morgan fingerprint density at radius 2 is 1.50 bits per heavy atom. The average Bonchev–Trinajstić information content (AvgIpc) is 2.37. The van der Waals surface area contributed by atoms with E-state index >= 15 is 0 Å². The van der Waals surface area contributed by atoms with Gasteiger partial charge in [0.1, 0.15) is 11.5 Å². The molecule has 0 bridgehead atoms. The number of nitrogens with one attached hydrogen (secondary N) is 1. The minimum Gasteiger partial charge on any atom is -0.508 e. The predicted molar refractivity (Wildman–Crippen MR) is 82.3 cm³/mol. The molecular formula is C17H21NO2. The molecule has 0 heterocycles. The molecule has 0 aliphatic rings. The first kappa shape index (κ1) is 14.3. The minimum atomic E-state index is -0.00425. The molecule has 3 nitrogen and oxygen atoms in total. The molecule has 1 unspecified atom stereocenters. The van der Waals surface area contributed by atoms with E-state index in [0.29, 0.717) is 5.92 Å². The zero-order valence-corrected chi connectivity index (χ0v) is 12.1. The minimum absolute atomic E-state index is 0.00425. The molecule has 2 aromatic rings. The summed E-state index contributed by atoms with van der Waals surface area (Å²) in [6.45, 7) is 6.32. The SMILES string of the molecule is CC(C)c1cccc(NC(C)c2cc(O)cc(O)c2)c1. The molecule has 3 heteroatoms. The Labute approximate surface area is 119 Å². The Morgan fingerprint density at radius 3 is 2.10 bits per heavy atom.